The Kier molecular flexibility index (Phi) is 2.09. The van der Waals surface area contributed by atoms with Crippen molar-refractivity contribution in [1.82, 2.24) is 4.98 Å². The molecule has 0 amide bonds. The first-order chi connectivity index (χ1) is 5.66. The van der Waals surface area contributed by atoms with Gasteiger partial charge < -0.3 is 10.1 Å². The standard InChI is InChI=1S/C8H7NO3/c1-2-5-7(8(11)12)6(10)3-4-9-5/h2-4H,1H2,(H,9,10)(H,11,12). The van der Waals surface area contributed by atoms with E-state index in [0.717, 1.165) is 6.07 Å². The topological polar surface area (TPSA) is 70.2 Å². The Morgan fingerprint density at radius 3 is 2.75 bits per heavy atom. The minimum absolute atomic E-state index is 0.231. The van der Waals surface area contributed by atoms with Gasteiger partial charge in [0.1, 0.15) is 5.56 Å². The first kappa shape index (κ1) is 8.26. The molecule has 4 heteroatoms. The molecule has 0 bridgehead atoms. The van der Waals surface area contributed by atoms with Crippen LogP contribution < -0.4 is 5.43 Å². The van der Waals surface area contributed by atoms with Gasteiger partial charge in [-0.3, -0.25) is 4.79 Å². The van der Waals surface area contributed by atoms with Crippen LogP contribution in [0, 0.1) is 0 Å². The van der Waals surface area contributed by atoms with E-state index in [1.165, 1.54) is 12.3 Å². The summed E-state index contributed by atoms with van der Waals surface area (Å²) in [7, 11) is 0. The van der Waals surface area contributed by atoms with Gasteiger partial charge in [-0.1, -0.05) is 6.58 Å². The largest absolute Gasteiger partial charge is 0.477 e. The summed E-state index contributed by atoms with van der Waals surface area (Å²) in [6, 6.07) is 1.16. The van der Waals surface area contributed by atoms with Crippen molar-refractivity contribution in [2.45, 2.75) is 0 Å². The lowest BCUT2D eigenvalue weighted by Crippen LogP contribution is -2.16. The number of carbonyl (C=O) groups is 1. The molecule has 0 unspecified atom stereocenters. The maximum absolute atomic E-state index is 11.0. The van der Waals surface area contributed by atoms with E-state index in [1.807, 2.05) is 0 Å². The summed E-state index contributed by atoms with van der Waals surface area (Å²) < 4.78 is 0. The van der Waals surface area contributed by atoms with E-state index in [0.29, 0.717) is 0 Å². The maximum Gasteiger partial charge on any atom is 0.341 e. The van der Waals surface area contributed by atoms with Gasteiger partial charge in [0.05, 0.1) is 5.69 Å². The van der Waals surface area contributed by atoms with Crippen LogP contribution in [0.15, 0.2) is 23.6 Å². The second-order valence-electron chi connectivity index (χ2n) is 2.14. The number of hydrogen-bond donors (Lipinski definition) is 2. The molecule has 0 aliphatic carbocycles. The Morgan fingerprint density at radius 1 is 1.67 bits per heavy atom. The van der Waals surface area contributed by atoms with Gasteiger partial charge in [0.15, 0.2) is 5.43 Å². The van der Waals surface area contributed by atoms with Gasteiger partial charge in [0.2, 0.25) is 0 Å². The molecular weight excluding hydrogens is 158 g/mol. The minimum atomic E-state index is -1.24. The van der Waals surface area contributed by atoms with Crippen LogP contribution in [0.4, 0.5) is 0 Å². The number of H-pyrrole nitrogens is 1. The monoisotopic (exact) mass is 165 g/mol. The van der Waals surface area contributed by atoms with E-state index < -0.39 is 11.4 Å². The highest BCUT2D eigenvalue weighted by molar-refractivity contribution is 5.90. The van der Waals surface area contributed by atoms with E-state index in [2.05, 4.69) is 11.6 Å². The number of carboxylic acid groups (broad SMARTS) is 1. The third kappa shape index (κ3) is 1.27. The van der Waals surface area contributed by atoms with Gasteiger partial charge in [0, 0.05) is 12.3 Å². The first-order valence-corrected chi connectivity index (χ1v) is 3.24. The minimum Gasteiger partial charge on any atom is -0.477 e. The van der Waals surface area contributed by atoms with Crippen LogP contribution in [-0.2, 0) is 0 Å². The number of rotatable bonds is 2. The van der Waals surface area contributed by atoms with Crippen molar-refractivity contribution in [2.24, 2.45) is 0 Å². The van der Waals surface area contributed by atoms with Crippen LogP contribution >= 0.6 is 0 Å². The molecule has 62 valence electrons. The molecule has 2 N–H and O–H groups in total. The zero-order valence-electron chi connectivity index (χ0n) is 6.20. The lowest BCUT2D eigenvalue weighted by Gasteiger charge is -1.97. The molecule has 0 saturated heterocycles. The molecular formula is C8H7NO3. The lowest BCUT2D eigenvalue weighted by molar-refractivity contribution is 0.0695. The zero-order valence-corrected chi connectivity index (χ0v) is 6.20. The van der Waals surface area contributed by atoms with Gasteiger partial charge in [-0.05, 0) is 6.08 Å². The quantitative estimate of drug-likeness (QED) is 0.678. The van der Waals surface area contributed by atoms with Gasteiger partial charge in [-0.2, -0.15) is 0 Å². The van der Waals surface area contributed by atoms with Crippen molar-refractivity contribution in [2.75, 3.05) is 0 Å². The molecule has 4 nitrogen and oxygen atoms in total. The molecule has 12 heavy (non-hydrogen) atoms. The molecule has 1 rings (SSSR count). The number of hydrogen-bond acceptors (Lipinski definition) is 2. The van der Waals surface area contributed by atoms with Gasteiger partial charge in [-0.15, -0.1) is 0 Å². The van der Waals surface area contributed by atoms with Crippen molar-refractivity contribution in [3.05, 3.63) is 40.3 Å². The van der Waals surface area contributed by atoms with Crippen LogP contribution in [0.1, 0.15) is 16.1 Å². The number of carboxylic acids is 1. The molecule has 0 fully saturated rings. The zero-order chi connectivity index (χ0) is 9.14. The Bertz CT molecular complexity index is 378. The van der Waals surface area contributed by atoms with E-state index >= 15 is 0 Å². The van der Waals surface area contributed by atoms with Gasteiger partial charge in [-0.25, -0.2) is 4.79 Å². The van der Waals surface area contributed by atoms with Crippen LogP contribution in [0.5, 0.6) is 0 Å². The van der Waals surface area contributed by atoms with Crippen LogP contribution in [-0.4, -0.2) is 16.1 Å². The molecule has 0 atom stereocenters. The van der Waals surface area contributed by atoms with Crippen molar-refractivity contribution < 1.29 is 9.90 Å². The number of pyridine rings is 1. The Morgan fingerprint density at radius 2 is 2.33 bits per heavy atom. The van der Waals surface area contributed by atoms with Crippen molar-refractivity contribution >= 4 is 12.0 Å². The highest BCUT2D eigenvalue weighted by atomic mass is 16.4. The average molecular weight is 165 g/mol. The number of aromatic nitrogens is 1. The van der Waals surface area contributed by atoms with E-state index in [1.54, 1.807) is 0 Å². The van der Waals surface area contributed by atoms with Crippen molar-refractivity contribution in [3.63, 3.8) is 0 Å². The number of aromatic amines is 1. The molecule has 0 saturated carbocycles. The SMILES string of the molecule is C=Cc1[nH]ccc(=O)c1C(=O)O. The third-order valence-corrected chi connectivity index (χ3v) is 1.41. The average Bonchev–Trinajstić information content (AvgIpc) is 2.03. The molecule has 0 aliphatic rings. The summed E-state index contributed by atoms with van der Waals surface area (Å²) >= 11 is 0. The second-order valence-corrected chi connectivity index (χ2v) is 2.14. The summed E-state index contributed by atoms with van der Waals surface area (Å²) in [6.45, 7) is 3.38. The van der Waals surface area contributed by atoms with Gasteiger partial charge >= 0.3 is 5.97 Å². The fourth-order valence-electron chi connectivity index (χ4n) is 0.877. The van der Waals surface area contributed by atoms with E-state index in [9.17, 15) is 9.59 Å². The van der Waals surface area contributed by atoms with E-state index in [-0.39, 0.29) is 11.3 Å². The molecule has 0 aliphatic heterocycles. The molecule has 1 aromatic rings. The third-order valence-electron chi connectivity index (χ3n) is 1.41. The predicted octanol–water partition coefficient (Wildman–Crippen LogP) is 0.716. The molecule has 0 radical (unpaired) electrons. The normalized spacial score (nSPS) is 9.33. The van der Waals surface area contributed by atoms with Crippen LogP contribution in [0.25, 0.3) is 6.08 Å². The van der Waals surface area contributed by atoms with Crippen LogP contribution in [0.2, 0.25) is 0 Å². The van der Waals surface area contributed by atoms with Crippen LogP contribution in [0.3, 0.4) is 0 Å². The predicted molar refractivity (Wildman–Crippen MR) is 44.1 cm³/mol. The molecule has 1 heterocycles. The maximum atomic E-state index is 11.0. The molecule has 0 aromatic carbocycles. The highest BCUT2D eigenvalue weighted by Gasteiger charge is 2.11. The highest BCUT2D eigenvalue weighted by Crippen LogP contribution is 2.00. The first-order valence-electron chi connectivity index (χ1n) is 3.24. The molecule has 1 aromatic heterocycles. The number of aromatic carboxylic acids is 1. The second kappa shape index (κ2) is 3.04. The Labute approximate surface area is 68.2 Å². The fraction of sp³-hybridized carbons (Fsp3) is 0. The Balaban J connectivity index is 3.50. The van der Waals surface area contributed by atoms with E-state index in [4.69, 9.17) is 5.11 Å². The summed E-state index contributed by atoms with van der Waals surface area (Å²) in [5, 5.41) is 8.61. The van der Waals surface area contributed by atoms with Gasteiger partial charge in [0.25, 0.3) is 0 Å². The number of nitrogens with one attached hydrogen (secondary N) is 1. The van der Waals surface area contributed by atoms with Crippen molar-refractivity contribution in [1.29, 1.82) is 0 Å². The Hall–Kier alpha value is -1.84. The fourth-order valence-corrected chi connectivity index (χ4v) is 0.877. The molecule has 0 spiro atoms. The summed E-state index contributed by atoms with van der Waals surface area (Å²) in [6.07, 6.45) is 2.68. The lowest BCUT2D eigenvalue weighted by atomic mass is 10.2. The van der Waals surface area contributed by atoms with Crippen molar-refractivity contribution in [3.8, 4) is 0 Å². The summed E-state index contributed by atoms with van der Waals surface area (Å²) in [5.74, 6) is -1.24. The summed E-state index contributed by atoms with van der Waals surface area (Å²) in [4.78, 5) is 24.1. The smallest absolute Gasteiger partial charge is 0.341 e. The summed E-state index contributed by atoms with van der Waals surface area (Å²) in [5.41, 5.74) is -0.557.